The van der Waals surface area contributed by atoms with Crippen LogP contribution < -0.4 is 0 Å². The lowest BCUT2D eigenvalue weighted by Crippen LogP contribution is -2.67. The van der Waals surface area contributed by atoms with Crippen LogP contribution in [0.25, 0.3) is 0 Å². The SMILES string of the molecule is C[C@@H]1CC[C@@]2(OC1)OC1CC3C4CC=C5C[C@@H](O[C@@H]6O[C@H](CO)[C@@H](O)[C@H](O[C@@H]7O[C@H](CO)[C@@H](O)[C@H](O)[C@H]7O)[C@H]6O[C@@H]6O[C@@H](C)[C@H](O)[C@@H](O)[C@H]6O)CC[C@]5(C)C4CC[C@]3(C)[C@@]1(O)[C@@H]2C. The largest absolute Gasteiger partial charge is 0.394 e. The summed E-state index contributed by atoms with van der Waals surface area (Å²) in [7, 11) is 0. The van der Waals surface area contributed by atoms with Crippen molar-refractivity contribution in [3.63, 3.8) is 0 Å². The molecule has 63 heavy (non-hydrogen) atoms. The first-order chi connectivity index (χ1) is 29.8. The van der Waals surface area contributed by atoms with Gasteiger partial charge in [0.1, 0.15) is 72.7 Å². The molecule has 4 aliphatic carbocycles. The van der Waals surface area contributed by atoms with E-state index in [2.05, 4.69) is 33.8 Å². The van der Waals surface area contributed by atoms with Gasteiger partial charge in [-0.3, -0.25) is 0 Å². The molecule has 18 nitrogen and oxygen atoms in total. The Balaban J connectivity index is 0.948. The first-order valence-corrected chi connectivity index (χ1v) is 23.5. The minimum absolute atomic E-state index is 0.143. The van der Waals surface area contributed by atoms with Crippen LogP contribution in [-0.2, 0) is 37.9 Å². The van der Waals surface area contributed by atoms with E-state index in [-0.39, 0.29) is 28.8 Å². The molecule has 0 aromatic heterocycles. The van der Waals surface area contributed by atoms with Crippen molar-refractivity contribution in [3.8, 4) is 0 Å². The second kappa shape index (κ2) is 17.2. The summed E-state index contributed by atoms with van der Waals surface area (Å²) in [5.74, 6) is 0.580. The van der Waals surface area contributed by atoms with Crippen molar-refractivity contribution in [3.05, 3.63) is 11.6 Å². The monoisotopic (exact) mass is 900 g/mol. The van der Waals surface area contributed by atoms with Gasteiger partial charge in [0.25, 0.3) is 0 Å². The predicted octanol–water partition coefficient (Wildman–Crippen LogP) is -0.671. The van der Waals surface area contributed by atoms with Crippen molar-refractivity contribution >= 4 is 0 Å². The molecule has 9 rings (SSSR count). The average Bonchev–Trinajstić information content (AvgIpc) is 3.62. The molecule has 360 valence electrons. The normalized spacial score (nSPS) is 58.1. The van der Waals surface area contributed by atoms with Crippen LogP contribution in [0, 0.1) is 40.4 Å². The molecule has 4 unspecified atom stereocenters. The predicted molar refractivity (Wildman–Crippen MR) is 216 cm³/mol. The minimum Gasteiger partial charge on any atom is -0.394 e. The van der Waals surface area contributed by atoms with Crippen molar-refractivity contribution < 1.29 is 89.0 Å². The van der Waals surface area contributed by atoms with Crippen LogP contribution in [0.3, 0.4) is 0 Å². The number of fused-ring (bicyclic) bond motifs is 7. The fraction of sp³-hybridized carbons (Fsp3) is 0.956. The molecule has 0 amide bonds. The van der Waals surface area contributed by atoms with E-state index in [1.54, 1.807) is 0 Å². The Morgan fingerprint density at radius 2 is 1.33 bits per heavy atom. The summed E-state index contributed by atoms with van der Waals surface area (Å²) < 4.78 is 50.0. The zero-order valence-electron chi connectivity index (χ0n) is 37.0. The van der Waals surface area contributed by atoms with Gasteiger partial charge in [-0.25, -0.2) is 0 Å². The topological polar surface area (TPSA) is 276 Å². The van der Waals surface area contributed by atoms with E-state index in [0.717, 1.165) is 44.9 Å². The molecule has 0 radical (unpaired) electrons. The highest BCUT2D eigenvalue weighted by atomic mass is 16.8. The number of hydrogen-bond acceptors (Lipinski definition) is 18. The van der Waals surface area contributed by atoms with Crippen molar-refractivity contribution in [2.45, 2.75) is 208 Å². The smallest absolute Gasteiger partial charge is 0.187 e. The van der Waals surface area contributed by atoms with Gasteiger partial charge in [-0.1, -0.05) is 39.3 Å². The maximum absolute atomic E-state index is 12.8. The summed E-state index contributed by atoms with van der Waals surface area (Å²) >= 11 is 0. The molecule has 8 fully saturated rings. The molecule has 26 atom stereocenters. The maximum atomic E-state index is 12.8. The molecule has 0 aromatic rings. The Kier molecular flexibility index (Phi) is 12.9. The van der Waals surface area contributed by atoms with E-state index in [1.807, 2.05) is 0 Å². The summed E-state index contributed by atoms with van der Waals surface area (Å²) in [6.07, 6.45) is -14.6. The summed E-state index contributed by atoms with van der Waals surface area (Å²) in [5, 5.41) is 109. The summed E-state index contributed by atoms with van der Waals surface area (Å²) in [6.45, 7) is 9.64. The van der Waals surface area contributed by atoms with Crippen LogP contribution in [0.15, 0.2) is 11.6 Å². The number of rotatable bonds is 8. The third-order valence-corrected chi connectivity index (χ3v) is 17.9. The zero-order chi connectivity index (χ0) is 45.1. The van der Waals surface area contributed by atoms with Crippen LogP contribution in [0.2, 0.25) is 0 Å². The number of hydrogen-bond donors (Lipinski definition) is 10. The Bertz CT molecular complexity index is 1660. The van der Waals surface area contributed by atoms with Gasteiger partial charge in [-0.15, -0.1) is 0 Å². The summed E-state index contributed by atoms with van der Waals surface area (Å²) in [5.41, 5.74) is -0.202. The first-order valence-electron chi connectivity index (χ1n) is 23.5. The van der Waals surface area contributed by atoms with Crippen LogP contribution in [0.1, 0.15) is 92.4 Å². The average molecular weight is 901 g/mol. The Morgan fingerprint density at radius 3 is 2.02 bits per heavy atom. The first kappa shape index (κ1) is 47.1. The van der Waals surface area contributed by atoms with Gasteiger partial charge < -0.3 is 89.0 Å². The van der Waals surface area contributed by atoms with Crippen molar-refractivity contribution in [1.82, 2.24) is 0 Å². The molecule has 18 heteroatoms. The number of aliphatic hydroxyl groups is 10. The quantitative estimate of drug-likeness (QED) is 0.135. The van der Waals surface area contributed by atoms with Crippen LogP contribution in [0.4, 0.5) is 0 Å². The van der Waals surface area contributed by atoms with Gasteiger partial charge in [-0.05, 0) is 87.4 Å². The molecule has 10 N–H and O–H groups in total. The van der Waals surface area contributed by atoms with Crippen molar-refractivity contribution in [2.75, 3.05) is 19.8 Å². The standard InChI is InChI=1S/C45H72O18/c1-19-8-13-44(56-18-19)21(3)45(55)29(63-44)15-26-24-7-6-22-14-23(9-11-42(22,4)25(24)10-12-43(26,45)5)58-41-38(62-39-35(53)33(51)30(48)20(2)57-39)37(32(50)28(17-47)60-41)61-40-36(54)34(52)31(49)27(16-46)59-40/h6,19-21,23-41,46-55H,7-18H2,1-5H3/t19-,20+,21-,23+,24?,25?,26?,27-,28-,29?,30+,31-,32-,33-,34+,35-,36-,37+,38-,39+,40+,41-,42+,43+,44-,45-/m1/s1. The zero-order valence-corrected chi connectivity index (χ0v) is 37.0. The van der Waals surface area contributed by atoms with Crippen LogP contribution >= 0.6 is 0 Å². The highest BCUT2D eigenvalue weighted by Crippen LogP contribution is 2.72. The molecule has 1 spiro atoms. The molecule has 9 aliphatic rings. The molecule has 3 saturated carbocycles. The Morgan fingerprint density at radius 1 is 0.683 bits per heavy atom. The van der Waals surface area contributed by atoms with E-state index in [9.17, 15) is 51.1 Å². The van der Waals surface area contributed by atoms with Crippen molar-refractivity contribution in [1.29, 1.82) is 0 Å². The molecule has 5 saturated heterocycles. The van der Waals surface area contributed by atoms with Gasteiger partial charge >= 0.3 is 0 Å². The molecule has 0 aromatic carbocycles. The maximum Gasteiger partial charge on any atom is 0.187 e. The Hall–Kier alpha value is -0.980. The number of aliphatic hydroxyl groups excluding tert-OH is 9. The molecule has 5 aliphatic heterocycles. The van der Waals surface area contributed by atoms with Gasteiger partial charge in [0.05, 0.1) is 38.1 Å². The summed E-state index contributed by atoms with van der Waals surface area (Å²) in [6, 6.07) is 0. The molecular formula is C45H72O18. The van der Waals surface area contributed by atoms with Crippen molar-refractivity contribution in [2.24, 2.45) is 40.4 Å². The minimum atomic E-state index is -1.86. The Labute approximate surface area is 368 Å². The van der Waals surface area contributed by atoms with Gasteiger partial charge in [0.2, 0.25) is 0 Å². The lowest BCUT2D eigenvalue weighted by Gasteiger charge is -2.60. The molecule has 0 bridgehead atoms. The highest BCUT2D eigenvalue weighted by molar-refractivity contribution is 5.29. The number of allylic oxidation sites excluding steroid dienone is 1. The van der Waals surface area contributed by atoms with Gasteiger partial charge in [-0.2, -0.15) is 0 Å². The fourth-order valence-electron chi connectivity index (χ4n) is 13.9. The lowest BCUT2D eigenvalue weighted by molar-refractivity contribution is -0.394. The fourth-order valence-corrected chi connectivity index (χ4v) is 13.9. The van der Waals surface area contributed by atoms with E-state index in [4.69, 9.17) is 37.9 Å². The molecular weight excluding hydrogens is 828 g/mol. The third-order valence-electron chi connectivity index (χ3n) is 17.9. The summed E-state index contributed by atoms with van der Waals surface area (Å²) in [4.78, 5) is 0. The highest BCUT2D eigenvalue weighted by Gasteiger charge is 2.76. The lowest BCUT2D eigenvalue weighted by atomic mass is 9.46. The second-order valence-electron chi connectivity index (χ2n) is 21.2. The van der Waals surface area contributed by atoms with Gasteiger partial charge in [0.15, 0.2) is 24.7 Å². The molecule has 5 heterocycles. The van der Waals surface area contributed by atoms with E-state index < -0.39 is 123 Å². The number of ether oxygens (including phenoxy) is 8. The van der Waals surface area contributed by atoms with E-state index in [0.29, 0.717) is 37.2 Å². The van der Waals surface area contributed by atoms with E-state index in [1.165, 1.54) is 12.5 Å². The van der Waals surface area contributed by atoms with E-state index >= 15 is 0 Å². The second-order valence-corrected chi connectivity index (χ2v) is 21.2. The van der Waals surface area contributed by atoms with Crippen LogP contribution in [0.5, 0.6) is 0 Å². The third kappa shape index (κ3) is 7.35. The van der Waals surface area contributed by atoms with Crippen LogP contribution in [-0.4, -0.2) is 187 Å². The van der Waals surface area contributed by atoms with Gasteiger partial charge in [0, 0.05) is 17.8 Å².